The van der Waals surface area contributed by atoms with E-state index in [2.05, 4.69) is 20.9 Å². The van der Waals surface area contributed by atoms with Crippen molar-refractivity contribution in [3.05, 3.63) is 71.9 Å². The van der Waals surface area contributed by atoms with Crippen molar-refractivity contribution < 1.29 is 23.9 Å². The van der Waals surface area contributed by atoms with Crippen LogP contribution in [0.15, 0.2) is 60.8 Å². The van der Waals surface area contributed by atoms with Crippen LogP contribution in [0.4, 0.5) is 0 Å². The fraction of sp³-hybridized carbons (Fsp3) is 0.400. The molecule has 220 valence electrons. The summed E-state index contributed by atoms with van der Waals surface area (Å²) in [4.78, 5) is 55.4. The number of unbranched alkanes of at least 4 members (excludes halogenated alkanes) is 1. The number of aromatic nitrogens is 1. The lowest BCUT2D eigenvalue weighted by Gasteiger charge is -2.25. The normalized spacial score (nSPS) is 14.0. The van der Waals surface area contributed by atoms with E-state index in [4.69, 9.17) is 16.2 Å². The molecule has 0 spiro atoms. The molecule has 0 radical (unpaired) electrons. The van der Waals surface area contributed by atoms with Gasteiger partial charge in [0.2, 0.25) is 17.7 Å². The fourth-order valence-electron chi connectivity index (χ4n) is 4.52. The minimum atomic E-state index is -1.06. The van der Waals surface area contributed by atoms with Crippen LogP contribution in [-0.4, -0.2) is 66.5 Å². The minimum absolute atomic E-state index is 0.136. The zero-order valence-corrected chi connectivity index (χ0v) is 23.5. The highest BCUT2D eigenvalue weighted by Gasteiger charge is 2.31. The van der Waals surface area contributed by atoms with E-state index in [0.29, 0.717) is 25.8 Å². The first kappa shape index (κ1) is 31.3. The highest BCUT2D eigenvalue weighted by Crippen LogP contribution is 2.19. The number of nitrogens with two attached hydrogens (primary N) is 2. The van der Waals surface area contributed by atoms with Crippen molar-refractivity contribution in [1.82, 2.24) is 20.9 Å². The Hall–Kier alpha value is -4.22. The van der Waals surface area contributed by atoms with Gasteiger partial charge >= 0.3 is 5.97 Å². The lowest BCUT2D eigenvalue weighted by Crippen LogP contribution is -2.58. The number of carbonyl (C=O) groups is 4. The van der Waals surface area contributed by atoms with Crippen molar-refractivity contribution in [2.24, 2.45) is 11.5 Å². The summed E-state index contributed by atoms with van der Waals surface area (Å²) in [6.07, 6.45) is 3.74. The van der Waals surface area contributed by atoms with Gasteiger partial charge in [-0.25, -0.2) is 4.79 Å². The number of carbonyl (C=O) groups excluding carboxylic acids is 4. The van der Waals surface area contributed by atoms with Crippen molar-refractivity contribution in [1.29, 1.82) is 0 Å². The second-order valence-electron chi connectivity index (χ2n) is 10.0. The molecular formula is C30H40N6O5. The van der Waals surface area contributed by atoms with Gasteiger partial charge in [-0.05, 0) is 49.9 Å². The summed E-state index contributed by atoms with van der Waals surface area (Å²) in [5, 5.41) is 9.18. The third-order valence-electron chi connectivity index (χ3n) is 6.81. The molecule has 0 aliphatic carbocycles. The largest absolute Gasteiger partial charge is 0.467 e. The van der Waals surface area contributed by atoms with Crippen molar-refractivity contribution in [3.8, 4) is 0 Å². The molecule has 2 aromatic carbocycles. The molecular weight excluding hydrogens is 524 g/mol. The predicted molar refractivity (Wildman–Crippen MR) is 157 cm³/mol. The van der Waals surface area contributed by atoms with E-state index >= 15 is 0 Å². The molecule has 0 unspecified atom stereocenters. The number of H-pyrrole nitrogens is 1. The second kappa shape index (κ2) is 15.5. The lowest BCUT2D eigenvalue weighted by atomic mass is 10.0. The van der Waals surface area contributed by atoms with E-state index in [1.54, 1.807) is 6.20 Å². The van der Waals surface area contributed by atoms with Gasteiger partial charge in [-0.3, -0.25) is 14.4 Å². The number of rotatable bonds is 15. The molecule has 3 rings (SSSR count). The number of aromatic amines is 1. The summed E-state index contributed by atoms with van der Waals surface area (Å²) in [5.41, 5.74) is 13.9. The number of fused-ring (bicyclic) bond motifs is 1. The van der Waals surface area contributed by atoms with Crippen molar-refractivity contribution in [2.75, 3.05) is 13.7 Å². The van der Waals surface area contributed by atoms with Crippen molar-refractivity contribution in [2.45, 2.75) is 63.2 Å². The van der Waals surface area contributed by atoms with Gasteiger partial charge in [-0.2, -0.15) is 0 Å². The van der Waals surface area contributed by atoms with Gasteiger partial charge in [0.25, 0.3) is 0 Å². The van der Waals surface area contributed by atoms with Crippen LogP contribution < -0.4 is 27.4 Å². The average molecular weight is 565 g/mol. The molecule has 3 aromatic rings. The number of esters is 1. The Morgan fingerprint density at radius 2 is 1.44 bits per heavy atom. The smallest absolute Gasteiger partial charge is 0.328 e. The Balaban J connectivity index is 1.88. The number of amides is 3. The van der Waals surface area contributed by atoms with Crippen LogP contribution in [0.25, 0.3) is 10.9 Å². The van der Waals surface area contributed by atoms with Crippen LogP contribution in [0.3, 0.4) is 0 Å². The van der Waals surface area contributed by atoms with Gasteiger partial charge in [-0.15, -0.1) is 0 Å². The van der Waals surface area contributed by atoms with Gasteiger partial charge in [0.15, 0.2) is 0 Å². The SMILES string of the molecule is COC(=O)[C@H](CCCCN)NC(=O)[C@H](Cc1c[nH]c2ccccc12)NC(=O)[C@H](Cc1ccccc1)NC(=O)[C@H](C)N. The molecule has 0 fully saturated rings. The number of hydrogen-bond donors (Lipinski definition) is 6. The molecule has 0 aliphatic rings. The highest BCUT2D eigenvalue weighted by molar-refractivity contribution is 5.95. The van der Waals surface area contributed by atoms with Crippen molar-refractivity contribution in [3.63, 3.8) is 0 Å². The van der Waals surface area contributed by atoms with Gasteiger partial charge in [0, 0.05) is 29.9 Å². The molecule has 11 heteroatoms. The van der Waals surface area contributed by atoms with Gasteiger partial charge in [0.05, 0.1) is 13.2 Å². The van der Waals surface area contributed by atoms with E-state index in [1.165, 1.54) is 14.0 Å². The molecule has 0 saturated heterocycles. The van der Waals surface area contributed by atoms with E-state index in [1.807, 2.05) is 54.6 Å². The molecule has 41 heavy (non-hydrogen) atoms. The van der Waals surface area contributed by atoms with Gasteiger partial charge in [-0.1, -0.05) is 48.5 Å². The molecule has 4 atom stereocenters. The summed E-state index contributed by atoms with van der Waals surface area (Å²) >= 11 is 0. The first-order valence-electron chi connectivity index (χ1n) is 13.8. The number of benzene rings is 2. The molecule has 3 amide bonds. The molecule has 0 bridgehead atoms. The maximum atomic E-state index is 13.6. The Bertz CT molecular complexity index is 1310. The standard InChI is InChI=1S/C30H40N6O5/c1-19(32)27(37)35-25(16-20-10-4-3-5-11-20)28(38)36-26(17-21-18-33-23-13-7-6-12-22(21)23)29(39)34-24(30(40)41-2)14-8-9-15-31/h3-7,10-13,18-19,24-26,33H,8-9,14-17,31-32H2,1-2H3,(H,34,39)(H,35,37)(H,36,38)/t19-,24-,25-,26-/m0/s1. The fourth-order valence-corrected chi connectivity index (χ4v) is 4.52. The highest BCUT2D eigenvalue weighted by atomic mass is 16.5. The van der Waals surface area contributed by atoms with Crippen LogP contribution in [0.1, 0.15) is 37.3 Å². The molecule has 1 heterocycles. The van der Waals surface area contributed by atoms with E-state index in [0.717, 1.165) is 22.0 Å². The van der Waals surface area contributed by atoms with Crippen LogP contribution in [0, 0.1) is 0 Å². The number of hydrogen-bond acceptors (Lipinski definition) is 7. The van der Waals surface area contributed by atoms with Crippen LogP contribution in [0.2, 0.25) is 0 Å². The Kier molecular flexibility index (Phi) is 11.9. The number of nitrogens with one attached hydrogen (secondary N) is 4. The van der Waals surface area contributed by atoms with E-state index < -0.39 is 47.9 Å². The predicted octanol–water partition coefficient (Wildman–Crippen LogP) is 1.06. The molecule has 8 N–H and O–H groups in total. The second-order valence-corrected chi connectivity index (χ2v) is 10.0. The topological polar surface area (TPSA) is 181 Å². The Labute approximate surface area is 239 Å². The Morgan fingerprint density at radius 1 is 0.829 bits per heavy atom. The first-order valence-corrected chi connectivity index (χ1v) is 13.8. The summed E-state index contributed by atoms with van der Waals surface area (Å²) < 4.78 is 4.90. The third-order valence-corrected chi connectivity index (χ3v) is 6.81. The minimum Gasteiger partial charge on any atom is -0.467 e. The summed E-state index contributed by atoms with van der Waals surface area (Å²) in [5.74, 6) is -2.19. The molecule has 0 saturated carbocycles. The number of para-hydroxylation sites is 1. The third kappa shape index (κ3) is 9.16. The zero-order chi connectivity index (χ0) is 29.8. The first-order chi connectivity index (χ1) is 19.7. The van der Waals surface area contributed by atoms with Crippen LogP contribution >= 0.6 is 0 Å². The van der Waals surface area contributed by atoms with Crippen LogP contribution in [-0.2, 0) is 36.8 Å². The van der Waals surface area contributed by atoms with Gasteiger partial charge in [0.1, 0.15) is 18.1 Å². The van der Waals surface area contributed by atoms with Gasteiger partial charge < -0.3 is 37.1 Å². The lowest BCUT2D eigenvalue weighted by molar-refractivity contribution is -0.145. The van der Waals surface area contributed by atoms with E-state index in [-0.39, 0.29) is 12.8 Å². The zero-order valence-electron chi connectivity index (χ0n) is 23.5. The van der Waals surface area contributed by atoms with Crippen LogP contribution in [0.5, 0.6) is 0 Å². The maximum Gasteiger partial charge on any atom is 0.328 e. The number of methoxy groups -OCH3 is 1. The Morgan fingerprint density at radius 3 is 2.10 bits per heavy atom. The summed E-state index contributed by atoms with van der Waals surface area (Å²) in [7, 11) is 1.25. The molecule has 11 nitrogen and oxygen atoms in total. The summed E-state index contributed by atoms with van der Waals surface area (Å²) in [6, 6.07) is 13.0. The average Bonchev–Trinajstić information content (AvgIpc) is 3.38. The maximum absolute atomic E-state index is 13.6. The quantitative estimate of drug-likeness (QED) is 0.118. The molecule has 1 aromatic heterocycles. The molecule has 0 aliphatic heterocycles. The summed E-state index contributed by atoms with van der Waals surface area (Å²) in [6.45, 7) is 1.98. The van der Waals surface area contributed by atoms with E-state index in [9.17, 15) is 19.2 Å². The van der Waals surface area contributed by atoms with Crippen molar-refractivity contribution >= 4 is 34.6 Å². The monoisotopic (exact) mass is 564 g/mol. The number of ether oxygens (including phenoxy) is 1.